The molecule has 12 heteroatoms. The van der Waals surface area contributed by atoms with Gasteiger partial charge in [0.1, 0.15) is 25.0 Å². The number of carbonyl (C=O) groups is 1. The summed E-state index contributed by atoms with van der Waals surface area (Å²) >= 11 is 0. The Hall–Kier alpha value is -3.15. The number of hydrogen-bond donors (Lipinski definition) is 1. The van der Waals surface area contributed by atoms with Gasteiger partial charge in [0, 0.05) is 11.8 Å². The van der Waals surface area contributed by atoms with E-state index in [4.69, 9.17) is 9.47 Å². The molecule has 1 N–H and O–H groups in total. The molecular formula is C19H19F3N2O6S. The van der Waals surface area contributed by atoms with Gasteiger partial charge in [0.2, 0.25) is 15.9 Å². The third kappa shape index (κ3) is 5.72. The van der Waals surface area contributed by atoms with Crippen LogP contribution < -0.4 is 23.8 Å². The molecule has 3 rings (SSSR count). The first-order valence-electron chi connectivity index (χ1n) is 9.00. The van der Waals surface area contributed by atoms with Gasteiger partial charge in [-0.2, -0.15) is 0 Å². The molecule has 2 aromatic rings. The van der Waals surface area contributed by atoms with Gasteiger partial charge in [-0.25, -0.2) is 8.42 Å². The van der Waals surface area contributed by atoms with Crippen LogP contribution in [0.5, 0.6) is 17.2 Å². The molecule has 0 aromatic heterocycles. The van der Waals surface area contributed by atoms with Crippen LogP contribution >= 0.6 is 0 Å². The Morgan fingerprint density at radius 3 is 2.29 bits per heavy atom. The maximum Gasteiger partial charge on any atom is 0.573 e. The van der Waals surface area contributed by atoms with Crippen molar-refractivity contribution in [3.05, 3.63) is 42.5 Å². The molecule has 31 heavy (non-hydrogen) atoms. The zero-order valence-electron chi connectivity index (χ0n) is 16.5. The SMILES string of the molecule is C[C@H](C(=O)Nc1ccc(OC(F)(F)F)cc1)N(c1ccc2c(c1)OCCO2)S(C)(=O)=O. The second-order valence-corrected chi connectivity index (χ2v) is 8.48. The molecule has 0 aliphatic carbocycles. The molecule has 0 fully saturated rings. The van der Waals surface area contributed by atoms with Crippen LogP contribution in [-0.4, -0.2) is 46.2 Å². The fourth-order valence-corrected chi connectivity index (χ4v) is 4.13. The van der Waals surface area contributed by atoms with Crippen LogP contribution in [0.4, 0.5) is 24.5 Å². The summed E-state index contributed by atoms with van der Waals surface area (Å²) in [5, 5.41) is 2.48. The summed E-state index contributed by atoms with van der Waals surface area (Å²) < 4.78 is 77.2. The number of carbonyl (C=O) groups excluding carboxylic acids is 1. The second kappa shape index (κ2) is 8.53. The molecule has 168 valence electrons. The van der Waals surface area contributed by atoms with Crippen molar-refractivity contribution in [1.82, 2.24) is 0 Å². The summed E-state index contributed by atoms with van der Waals surface area (Å²) in [5.74, 6) is -0.329. The number of rotatable bonds is 6. The fraction of sp³-hybridized carbons (Fsp3) is 0.316. The molecule has 1 heterocycles. The Balaban J connectivity index is 1.79. The lowest BCUT2D eigenvalue weighted by molar-refractivity contribution is -0.274. The van der Waals surface area contributed by atoms with E-state index in [1.807, 2.05) is 0 Å². The number of amides is 1. The minimum atomic E-state index is -4.83. The second-order valence-electron chi connectivity index (χ2n) is 6.62. The summed E-state index contributed by atoms with van der Waals surface area (Å²) in [4.78, 5) is 12.7. The molecule has 0 saturated carbocycles. The fourth-order valence-electron chi connectivity index (χ4n) is 2.96. The van der Waals surface area contributed by atoms with Crippen LogP contribution in [0, 0.1) is 0 Å². The van der Waals surface area contributed by atoms with Crippen LogP contribution in [0.25, 0.3) is 0 Å². The molecule has 0 unspecified atom stereocenters. The van der Waals surface area contributed by atoms with E-state index >= 15 is 0 Å². The highest BCUT2D eigenvalue weighted by atomic mass is 32.2. The third-order valence-corrected chi connectivity index (χ3v) is 5.47. The first kappa shape index (κ1) is 22.5. The van der Waals surface area contributed by atoms with Crippen LogP contribution in [-0.2, 0) is 14.8 Å². The summed E-state index contributed by atoms with van der Waals surface area (Å²) in [5.41, 5.74) is 0.366. The lowest BCUT2D eigenvalue weighted by atomic mass is 10.2. The molecule has 1 amide bonds. The van der Waals surface area contributed by atoms with Crippen LogP contribution in [0.15, 0.2) is 42.5 Å². The van der Waals surface area contributed by atoms with Crippen LogP contribution in [0.3, 0.4) is 0 Å². The van der Waals surface area contributed by atoms with Crippen molar-refractivity contribution in [2.45, 2.75) is 19.3 Å². The molecule has 0 radical (unpaired) electrons. The molecular weight excluding hydrogens is 441 g/mol. The van der Waals surface area contributed by atoms with E-state index in [1.165, 1.54) is 31.2 Å². The van der Waals surface area contributed by atoms with Crippen molar-refractivity contribution in [2.24, 2.45) is 0 Å². The number of halogens is 3. The average molecular weight is 460 g/mol. The van der Waals surface area contributed by atoms with Crippen molar-refractivity contribution in [2.75, 3.05) is 29.1 Å². The zero-order chi connectivity index (χ0) is 22.8. The number of nitrogens with one attached hydrogen (secondary N) is 1. The summed E-state index contributed by atoms with van der Waals surface area (Å²) in [7, 11) is -3.88. The number of fused-ring (bicyclic) bond motifs is 1. The number of alkyl halides is 3. The third-order valence-electron chi connectivity index (χ3n) is 4.22. The number of ether oxygens (including phenoxy) is 3. The van der Waals surface area contributed by atoms with E-state index in [0.717, 1.165) is 22.7 Å². The normalized spacial score (nSPS) is 14.5. The predicted molar refractivity (Wildman–Crippen MR) is 106 cm³/mol. The molecule has 0 bridgehead atoms. The highest BCUT2D eigenvalue weighted by molar-refractivity contribution is 7.92. The molecule has 0 saturated heterocycles. The van der Waals surface area contributed by atoms with Gasteiger partial charge in [-0.3, -0.25) is 9.10 Å². The topological polar surface area (TPSA) is 94.2 Å². The van der Waals surface area contributed by atoms with Crippen molar-refractivity contribution in [3.63, 3.8) is 0 Å². The molecule has 2 aromatic carbocycles. The number of hydrogen-bond acceptors (Lipinski definition) is 6. The van der Waals surface area contributed by atoms with Crippen molar-refractivity contribution < 1.29 is 40.6 Å². The van der Waals surface area contributed by atoms with E-state index in [-0.39, 0.29) is 11.4 Å². The predicted octanol–water partition coefficient (Wildman–Crippen LogP) is 3.15. The first-order chi connectivity index (χ1) is 14.4. The zero-order valence-corrected chi connectivity index (χ0v) is 17.3. The van der Waals surface area contributed by atoms with Gasteiger partial charge < -0.3 is 19.5 Å². The van der Waals surface area contributed by atoms with Gasteiger partial charge in [-0.05, 0) is 43.3 Å². The maximum atomic E-state index is 12.7. The largest absolute Gasteiger partial charge is 0.573 e. The van der Waals surface area contributed by atoms with Gasteiger partial charge in [-0.1, -0.05) is 0 Å². The molecule has 1 aliphatic heterocycles. The molecule has 0 spiro atoms. The van der Waals surface area contributed by atoms with Gasteiger partial charge in [0.25, 0.3) is 0 Å². The lowest BCUT2D eigenvalue weighted by Gasteiger charge is -2.29. The number of sulfonamides is 1. The molecule has 1 aliphatic rings. The number of benzene rings is 2. The lowest BCUT2D eigenvalue weighted by Crippen LogP contribution is -2.45. The highest BCUT2D eigenvalue weighted by Crippen LogP contribution is 2.35. The Labute approximate surface area is 176 Å². The number of anilines is 2. The monoisotopic (exact) mass is 460 g/mol. The van der Waals surface area contributed by atoms with E-state index in [1.54, 1.807) is 6.07 Å². The standard InChI is InChI=1S/C19H19F3N2O6S/c1-12(18(25)23-13-3-6-15(7-4-13)30-19(20,21)22)24(31(2,26)27)14-5-8-16-17(11-14)29-10-9-28-16/h3-8,11-12H,9-10H2,1-2H3,(H,23,25)/t12-/m1/s1. The molecule has 1 atom stereocenters. The number of nitrogens with zero attached hydrogens (tertiary/aromatic N) is 1. The maximum absolute atomic E-state index is 12.7. The average Bonchev–Trinajstić information content (AvgIpc) is 2.67. The Bertz CT molecular complexity index is 1060. The minimum Gasteiger partial charge on any atom is -0.486 e. The van der Waals surface area contributed by atoms with Gasteiger partial charge in [-0.15, -0.1) is 13.2 Å². The quantitative estimate of drug-likeness (QED) is 0.712. The Morgan fingerprint density at radius 2 is 1.71 bits per heavy atom. The van der Waals surface area contributed by atoms with E-state index in [2.05, 4.69) is 10.1 Å². The summed E-state index contributed by atoms with van der Waals surface area (Å²) in [6.07, 6.45) is -3.88. The Kier molecular flexibility index (Phi) is 6.20. The Morgan fingerprint density at radius 1 is 1.10 bits per heavy atom. The van der Waals surface area contributed by atoms with Crippen LogP contribution in [0.2, 0.25) is 0 Å². The summed E-state index contributed by atoms with van der Waals surface area (Å²) in [6.45, 7) is 2.06. The smallest absolute Gasteiger partial charge is 0.486 e. The van der Waals surface area contributed by atoms with Crippen molar-refractivity contribution in [1.29, 1.82) is 0 Å². The van der Waals surface area contributed by atoms with Gasteiger partial charge in [0.05, 0.1) is 11.9 Å². The van der Waals surface area contributed by atoms with Crippen LogP contribution in [0.1, 0.15) is 6.92 Å². The van der Waals surface area contributed by atoms with E-state index < -0.39 is 34.1 Å². The first-order valence-corrected chi connectivity index (χ1v) is 10.8. The van der Waals surface area contributed by atoms with Crippen molar-refractivity contribution >= 4 is 27.3 Å². The van der Waals surface area contributed by atoms with E-state index in [0.29, 0.717) is 24.7 Å². The summed E-state index contributed by atoms with van der Waals surface area (Å²) in [6, 6.07) is 7.80. The van der Waals surface area contributed by atoms with Crippen molar-refractivity contribution in [3.8, 4) is 17.2 Å². The van der Waals surface area contributed by atoms with Gasteiger partial charge in [0.15, 0.2) is 11.5 Å². The minimum absolute atomic E-state index is 0.169. The highest BCUT2D eigenvalue weighted by Gasteiger charge is 2.32. The molecule has 8 nitrogen and oxygen atoms in total. The van der Waals surface area contributed by atoms with E-state index in [9.17, 15) is 26.4 Å². The van der Waals surface area contributed by atoms with Gasteiger partial charge >= 0.3 is 6.36 Å².